The number of esters is 1. The predicted molar refractivity (Wildman–Crippen MR) is 44.2 cm³/mol. The Bertz CT molecular complexity index is 143. The van der Waals surface area contributed by atoms with Gasteiger partial charge in [0.15, 0.2) is 0 Å². The third-order valence-electron chi connectivity index (χ3n) is 0.914. The summed E-state index contributed by atoms with van der Waals surface area (Å²) in [6.07, 6.45) is -0.132. The van der Waals surface area contributed by atoms with E-state index in [1.54, 1.807) is 13.8 Å². The van der Waals surface area contributed by atoms with Crippen LogP contribution in [0.2, 0.25) is 0 Å². The fraction of sp³-hybridized carbons (Fsp3) is 0.571. The van der Waals surface area contributed by atoms with E-state index in [0.29, 0.717) is 11.3 Å². The number of rotatable bonds is 3. The van der Waals surface area contributed by atoms with Gasteiger partial charge in [-0.2, -0.15) is 12.6 Å². The first-order valence-corrected chi connectivity index (χ1v) is 3.68. The Balaban J connectivity index is 3.68. The van der Waals surface area contributed by atoms with Gasteiger partial charge in [-0.15, -0.1) is 0 Å². The molecule has 0 bridgehead atoms. The Kier molecular flexibility index (Phi) is 4.19. The summed E-state index contributed by atoms with van der Waals surface area (Å²) in [5, 5.41) is 0. The van der Waals surface area contributed by atoms with Crippen LogP contribution in [0.3, 0.4) is 0 Å². The molecule has 0 aliphatic carbocycles. The highest BCUT2D eigenvalue weighted by atomic mass is 32.1. The van der Waals surface area contributed by atoms with Crippen molar-refractivity contribution >= 4 is 18.6 Å². The average molecular weight is 160 g/mol. The molecule has 0 fully saturated rings. The molecule has 0 N–H and O–H groups in total. The van der Waals surface area contributed by atoms with Gasteiger partial charge in [0.1, 0.15) is 6.10 Å². The lowest BCUT2D eigenvalue weighted by Gasteiger charge is -2.09. The third-order valence-corrected chi connectivity index (χ3v) is 1.43. The minimum atomic E-state index is -0.346. The Hall–Kier alpha value is -0.440. The lowest BCUT2D eigenvalue weighted by molar-refractivity contribution is -0.142. The molecule has 58 valence electrons. The predicted octanol–water partition coefficient (Wildman–Crippen LogP) is 1.42. The largest absolute Gasteiger partial charge is 0.458 e. The Morgan fingerprint density at radius 1 is 1.80 bits per heavy atom. The maximum Gasteiger partial charge on any atom is 0.333 e. The van der Waals surface area contributed by atoms with Gasteiger partial charge in [0, 0.05) is 11.3 Å². The number of carbonyl (C=O) groups is 1. The van der Waals surface area contributed by atoms with Gasteiger partial charge >= 0.3 is 5.97 Å². The van der Waals surface area contributed by atoms with Crippen LogP contribution in [0.4, 0.5) is 0 Å². The number of thiol groups is 1. The average Bonchev–Trinajstić information content (AvgIpc) is 1.87. The molecular weight excluding hydrogens is 148 g/mol. The van der Waals surface area contributed by atoms with E-state index in [9.17, 15) is 4.79 Å². The van der Waals surface area contributed by atoms with E-state index >= 15 is 0 Å². The number of hydrogen-bond donors (Lipinski definition) is 1. The molecule has 1 atom stereocenters. The van der Waals surface area contributed by atoms with Crippen molar-refractivity contribution in [2.24, 2.45) is 0 Å². The molecule has 0 rings (SSSR count). The minimum Gasteiger partial charge on any atom is -0.458 e. The second-order valence-electron chi connectivity index (χ2n) is 2.18. The SMILES string of the molecule is C=C(C)C(=O)OC(C)CS. The zero-order valence-corrected chi connectivity index (χ0v) is 7.15. The molecule has 1 unspecified atom stereocenters. The summed E-state index contributed by atoms with van der Waals surface area (Å²) in [6, 6.07) is 0. The highest BCUT2D eigenvalue weighted by molar-refractivity contribution is 7.80. The van der Waals surface area contributed by atoms with Gasteiger partial charge < -0.3 is 4.74 Å². The second-order valence-corrected chi connectivity index (χ2v) is 2.54. The van der Waals surface area contributed by atoms with Crippen molar-refractivity contribution in [3.05, 3.63) is 12.2 Å². The van der Waals surface area contributed by atoms with E-state index in [0.717, 1.165) is 0 Å². The fourth-order valence-corrected chi connectivity index (χ4v) is 0.395. The molecule has 10 heavy (non-hydrogen) atoms. The van der Waals surface area contributed by atoms with E-state index in [4.69, 9.17) is 4.74 Å². The molecule has 3 heteroatoms. The van der Waals surface area contributed by atoms with Gasteiger partial charge in [-0.25, -0.2) is 4.79 Å². The molecule has 0 spiro atoms. The van der Waals surface area contributed by atoms with Crippen LogP contribution in [0.5, 0.6) is 0 Å². The summed E-state index contributed by atoms with van der Waals surface area (Å²) >= 11 is 3.95. The normalized spacial score (nSPS) is 12.3. The van der Waals surface area contributed by atoms with Crippen LogP contribution in [0.1, 0.15) is 13.8 Å². The Labute approximate surface area is 66.7 Å². The molecule has 0 aromatic heterocycles. The summed E-state index contributed by atoms with van der Waals surface area (Å²) in [7, 11) is 0. The lowest BCUT2D eigenvalue weighted by atomic mass is 10.3. The quantitative estimate of drug-likeness (QED) is 0.384. The summed E-state index contributed by atoms with van der Waals surface area (Å²) in [6.45, 7) is 6.85. The minimum absolute atomic E-state index is 0.132. The van der Waals surface area contributed by atoms with Crippen molar-refractivity contribution in [2.75, 3.05) is 5.75 Å². The van der Waals surface area contributed by atoms with Crippen molar-refractivity contribution in [3.8, 4) is 0 Å². The first kappa shape index (κ1) is 9.56. The number of hydrogen-bond acceptors (Lipinski definition) is 3. The van der Waals surface area contributed by atoms with Crippen molar-refractivity contribution < 1.29 is 9.53 Å². The lowest BCUT2D eigenvalue weighted by Crippen LogP contribution is -2.16. The molecule has 0 aromatic rings. The third kappa shape index (κ3) is 3.56. The maximum absolute atomic E-state index is 10.8. The van der Waals surface area contributed by atoms with Gasteiger partial charge in [0.2, 0.25) is 0 Å². The fourth-order valence-electron chi connectivity index (χ4n) is 0.321. The highest BCUT2D eigenvalue weighted by Crippen LogP contribution is 1.98. The molecule has 0 aliphatic rings. The van der Waals surface area contributed by atoms with Crippen LogP contribution in [0.15, 0.2) is 12.2 Å². The second kappa shape index (κ2) is 4.39. The van der Waals surface area contributed by atoms with Crippen molar-refractivity contribution in [1.82, 2.24) is 0 Å². The van der Waals surface area contributed by atoms with E-state index < -0.39 is 0 Å². The topological polar surface area (TPSA) is 26.3 Å². The van der Waals surface area contributed by atoms with Crippen LogP contribution >= 0.6 is 12.6 Å². The molecule has 0 heterocycles. The molecule has 0 saturated heterocycles. The van der Waals surface area contributed by atoms with Crippen molar-refractivity contribution in [3.63, 3.8) is 0 Å². The van der Waals surface area contributed by atoms with Crippen LogP contribution < -0.4 is 0 Å². The first-order valence-electron chi connectivity index (χ1n) is 3.05. The van der Waals surface area contributed by atoms with Gasteiger partial charge in [0.25, 0.3) is 0 Å². The van der Waals surface area contributed by atoms with Crippen LogP contribution in [0, 0.1) is 0 Å². The zero-order valence-electron chi connectivity index (χ0n) is 6.26. The molecule has 0 aliphatic heterocycles. The smallest absolute Gasteiger partial charge is 0.333 e. The van der Waals surface area contributed by atoms with E-state index in [1.807, 2.05) is 0 Å². The number of carbonyl (C=O) groups excluding carboxylic acids is 1. The summed E-state index contributed by atoms with van der Waals surface area (Å²) < 4.78 is 4.85. The van der Waals surface area contributed by atoms with Crippen molar-refractivity contribution in [1.29, 1.82) is 0 Å². The van der Waals surface area contributed by atoms with Gasteiger partial charge in [0.05, 0.1) is 0 Å². The van der Waals surface area contributed by atoms with Crippen LogP contribution in [-0.2, 0) is 9.53 Å². The molecule has 0 aromatic carbocycles. The Morgan fingerprint density at radius 3 is 2.60 bits per heavy atom. The molecule has 2 nitrogen and oxygen atoms in total. The molecule has 0 saturated carbocycles. The first-order chi connectivity index (χ1) is 4.57. The van der Waals surface area contributed by atoms with Gasteiger partial charge in [-0.1, -0.05) is 6.58 Å². The van der Waals surface area contributed by atoms with Crippen LogP contribution in [-0.4, -0.2) is 17.8 Å². The Morgan fingerprint density at radius 2 is 2.30 bits per heavy atom. The summed E-state index contributed by atoms with van der Waals surface area (Å²) in [4.78, 5) is 10.8. The van der Waals surface area contributed by atoms with Gasteiger partial charge in [-0.05, 0) is 13.8 Å². The summed E-state index contributed by atoms with van der Waals surface area (Å²) in [5.41, 5.74) is 0.425. The molecule has 0 amide bonds. The van der Waals surface area contributed by atoms with Crippen molar-refractivity contribution in [2.45, 2.75) is 20.0 Å². The maximum atomic E-state index is 10.8. The standard InChI is InChI=1S/C7H12O2S/c1-5(2)7(8)9-6(3)4-10/h6,10H,1,4H2,2-3H3. The summed E-state index contributed by atoms with van der Waals surface area (Å²) in [5.74, 6) is 0.195. The molecule has 0 radical (unpaired) electrons. The number of ether oxygens (including phenoxy) is 1. The zero-order chi connectivity index (χ0) is 8.15. The van der Waals surface area contributed by atoms with E-state index in [1.165, 1.54) is 0 Å². The molecular formula is C7H12O2S. The monoisotopic (exact) mass is 160 g/mol. The van der Waals surface area contributed by atoms with Gasteiger partial charge in [-0.3, -0.25) is 0 Å². The van der Waals surface area contributed by atoms with E-state index in [-0.39, 0.29) is 12.1 Å². The highest BCUT2D eigenvalue weighted by Gasteiger charge is 2.06. The van der Waals surface area contributed by atoms with Crippen LogP contribution in [0.25, 0.3) is 0 Å². The van der Waals surface area contributed by atoms with E-state index in [2.05, 4.69) is 19.2 Å².